The summed E-state index contributed by atoms with van der Waals surface area (Å²) >= 11 is 0. The van der Waals surface area contributed by atoms with Gasteiger partial charge in [-0.15, -0.1) is 0 Å². The van der Waals surface area contributed by atoms with Crippen LogP contribution in [0, 0.1) is 6.92 Å². The predicted octanol–water partition coefficient (Wildman–Crippen LogP) is 0.690. The number of urea groups is 1. The van der Waals surface area contributed by atoms with Crippen LogP contribution in [0.1, 0.15) is 5.56 Å². The number of hydrogen-bond donors (Lipinski definition) is 1. The molecule has 18 heavy (non-hydrogen) atoms. The number of anilines is 1. The molecule has 96 valence electrons. The van der Waals surface area contributed by atoms with Crippen molar-refractivity contribution in [2.24, 2.45) is 0 Å². The number of nitrogens with zero attached hydrogens (tertiary/aromatic N) is 1. The summed E-state index contributed by atoms with van der Waals surface area (Å²) in [5, 5.41) is 2.75. The molecule has 2 saturated heterocycles. The Labute approximate surface area is 106 Å². The molecule has 2 fully saturated rings. The second kappa shape index (κ2) is 3.71. The molecule has 1 aromatic carbocycles. The van der Waals surface area contributed by atoms with E-state index in [4.69, 9.17) is 0 Å². The number of amides is 2. The van der Waals surface area contributed by atoms with E-state index in [0.29, 0.717) is 0 Å². The highest BCUT2D eigenvalue weighted by atomic mass is 32.2. The molecule has 0 aromatic heterocycles. The Bertz CT molecular complexity index is 612. The van der Waals surface area contributed by atoms with E-state index in [1.54, 1.807) is 4.90 Å². The molecule has 5 nitrogen and oxygen atoms in total. The lowest BCUT2D eigenvalue weighted by molar-refractivity contribution is 0.251. The Morgan fingerprint density at radius 1 is 1.33 bits per heavy atom. The van der Waals surface area contributed by atoms with Gasteiger partial charge in [0.1, 0.15) is 0 Å². The number of hydrogen-bond acceptors (Lipinski definition) is 3. The molecule has 1 aromatic rings. The smallest absolute Gasteiger partial charge is 0.322 e. The summed E-state index contributed by atoms with van der Waals surface area (Å²) in [6, 6.07) is 6.79. The van der Waals surface area contributed by atoms with Crippen molar-refractivity contribution in [2.45, 2.75) is 19.0 Å². The minimum Gasteiger partial charge on any atom is -0.332 e. The average Bonchev–Trinajstić information content (AvgIpc) is 2.68. The maximum absolute atomic E-state index is 11.9. The first-order chi connectivity index (χ1) is 8.46. The zero-order valence-electron chi connectivity index (χ0n) is 9.96. The Morgan fingerprint density at radius 2 is 2.11 bits per heavy atom. The highest BCUT2D eigenvalue weighted by Gasteiger charge is 2.49. The second-order valence-corrected chi connectivity index (χ2v) is 7.06. The Balaban J connectivity index is 1.99. The van der Waals surface area contributed by atoms with Gasteiger partial charge in [0.05, 0.1) is 23.6 Å². The number of carbonyl (C=O) groups is 1. The Morgan fingerprint density at radius 3 is 2.83 bits per heavy atom. The summed E-state index contributed by atoms with van der Waals surface area (Å²) in [5.41, 5.74) is 1.81. The quantitative estimate of drug-likeness (QED) is 0.761. The molecule has 0 radical (unpaired) electrons. The minimum atomic E-state index is -3.04. The average molecular weight is 266 g/mol. The lowest BCUT2D eigenvalue weighted by Crippen LogP contribution is -2.36. The van der Waals surface area contributed by atoms with Gasteiger partial charge in [0.15, 0.2) is 9.84 Å². The van der Waals surface area contributed by atoms with Gasteiger partial charge in [-0.05, 0) is 24.6 Å². The van der Waals surface area contributed by atoms with Gasteiger partial charge in [0.2, 0.25) is 0 Å². The van der Waals surface area contributed by atoms with E-state index in [1.165, 1.54) is 0 Å². The standard InChI is InChI=1S/C12H14N2O3S/c1-8-3-2-4-9(5-8)14-11-7-18(16,17)6-10(11)13-12(14)15/h2-5,10-11H,6-7H2,1H3,(H,13,15). The second-order valence-electron chi connectivity index (χ2n) is 4.91. The van der Waals surface area contributed by atoms with Crippen LogP contribution >= 0.6 is 0 Å². The predicted molar refractivity (Wildman–Crippen MR) is 68.4 cm³/mol. The van der Waals surface area contributed by atoms with Gasteiger partial charge in [0.25, 0.3) is 0 Å². The van der Waals surface area contributed by atoms with Crippen molar-refractivity contribution in [2.75, 3.05) is 16.4 Å². The third-order valence-corrected chi connectivity index (χ3v) is 5.18. The number of rotatable bonds is 1. The van der Waals surface area contributed by atoms with Crippen LogP contribution in [0.5, 0.6) is 0 Å². The molecular weight excluding hydrogens is 252 g/mol. The zero-order valence-corrected chi connectivity index (χ0v) is 10.8. The Hall–Kier alpha value is -1.56. The van der Waals surface area contributed by atoms with Crippen LogP contribution in [0.15, 0.2) is 24.3 Å². The van der Waals surface area contributed by atoms with Crippen LogP contribution in [0.2, 0.25) is 0 Å². The fourth-order valence-corrected chi connectivity index (χ4v) is 4.58. The van der Waals surface area contributed by atoms with E-state index >= 15 is 0 Å². The Kier molecular flexibility index (Phi) is 2.38. The van der Waals surface area contributed by atoms with Gasteiger partial charge >= 0.3 is 6.03 Å². The van der Waals surface area contributed by atoms with E-state index < -0.39 is 9.84 Å². The zero-order chi connectivity index (χ0) is 12.9. The van der Waals surface area contributed by atoms with Crippen molar-refractivity contribution in [1.82, 2.24) is 5.32 Å². The summed E-state index contributed by atoms with van der Waals surface area (Å²) < 4.78 is 23.2. The molecular formula is C12H14N2O3S. The van der Waals surface area contributed by atoms with Crippen LogP contribution in [0.3, 0.4) is 0 Å². The number of sulfone groups is 1. The molecule has 2 aliphatic rings. The number of benzene rings is 1. The summed E-state index contributed by atoms with van der Waals surface area (Å²) in [5.74, 6) is 0.0933. The van der Waals surface area contributed by atoms with Crippen molar-refractivity contribution < 1.29 is 13.2 Å². The minimum absolute atomic E-state index is 0.0460. The largest absolute Gasteiger partial charge is 0.332 e. The van der Waals surface area contributed by atoms with Crippen molar-refractivity contribution in [3.05, 3.63) is 29.8 Å². The summed E-state index contributed by atoms with van der Waals surface area (Å²) in [6.07, 6.45) is 0. The fraction of sp³-hybridized carbons (Fsp3) is 0.417. The van der Waals surface area contributed by atoms with Gasteiger partial charge in [0, 0.05) is 5.69 Å². The lowest BCUT2D eigenvalue weighted by atomic mass is 10.1. The number of fused-ring (bicyclic) bond motifs is 1. The highest BCUT2D eigenvalue weighted by Crippen LogP contribution is 2.29. The first-order valence-corrected chi connectivity index (χ1v) is 7.65. The summed E-state index contributed by atoms with van der Waals surface area (Å²) in [6.45, 7) is 1.94. The normalized spacial score (nSPS) is 29.2. The molecule has 0 aliphatic carbocycles. The molecule has 0 bridgehead atoms. The SMILES string of the molecule is Cc1cccc(N2C(=O)NC3CS(=O)(=O)CC32)c1. The van der Waals surface area contributed by atoms with E-state index in [2.05, 4.69) is 5.32 Å². The number of carbonyl (C=O) groups excluding carboxylic acids is 1. The van der Waals surface area contributed by atoms with Crippen LogP contribution < -0.4 is 10.2 Å². The molecule has 3 rings (SSSR count). The molecule has 1 N–H and O–H groups in total. The molecule has 6 heteroatoms. The first-order valence-electron chi connectivity index (χ1n) is 5.83. The molecule has 0 saturated carbocycles. The first kappa shape index (κ1) is 11.5. The van der Waals surface area contributed by atoms with Gasteiger partial charge in [-0.25, -0.2) is 13.2 Å². The van der Waals surface area contributed by atoms with Crippen LogP contribution in [-0.2, 0) is 9.84 Å². The maximum Gasteiger partial charge on any atom is 0.322 e. The molecule has 2 heterocycles. The number of aryl methyl sites for hydroxylation is 1. The van der Waals surface area contributed by atoms with Gasteiger partial charge in [-0.3, -0.25) is 4.90 Å². The maximum atomic E-state index is 11.9. The van der Waals surface area contributed by atoms with Crippen molar-refractivity contribution in [3.8, 4) is 0 Å². The monoisotopic (exact) mass is 266 g/mol. The van der Waals surface area contributed by atoms with E-state index in [1.807, 2.05) is 31.2 Å². The molecule has 0 spiro atoms. The van der Waals surface area contributed by atoms with Crippen LogP contribution in [0.25, 0.3) is 0 Å². The van der Waals surface area contributed by atoms with E-state index in [-0.39, 0.29) is 29.6 Å². The fourth-order valence-electron chi connectivity index (χ4n) is 2.69. The van der Waals surface area contributed by atoms with Gasteiger partial charge in [-0.2, -0.15) is 0 Å². The van der Waals surface area contributed by atoms with Crippen LogP contribution in [0.4, 0.5) is 10.5 Å². The van der Waals surface area contributed by atoms with Gasteiger partial charge < -0.3 is 5.32 Å². The number of nitrogens with one attached hydrogen (secondary N) is 1. The van der Waals surface area contributed by atoms with Crippen molar-refractivity contribution in [3.63, 3.8) is 0 Å². The molecule has 2 aliphatic heterocycles. The summed E-state index contributed by atoms with van der Waals surface area (Å²) in [4.78, 5) is 13.5. The third-order valence-electron chi connectivity index (χ3n) is 3.46. The van der Waals surface area contributed by atoms with Gasteiger partial charge in [-0.1, -0.05) is 12.1 Å². The topological polar surface area (TPSA) is 66.5 Å². The highest BCUT2D eigenvalue weighted by molar-refractivity contribution is 7.91. The third kappa shape index (κ3) is 1.77. The molecule has 2 atom stereocenters. The van der Waals surface area contributed by atoms with Crippen molar-refractivity contribution in [1.29, 1.82) is 0 Å². The molecule has 2 amide bonds. The summed E-state index contributed by atoms with van der Waals surface area (Å²) in [7, 11) is -3.04. The van der Waals surface area contributed by atoms with E-state index in [9.17, 15) is 13.2 Å². The van der Waals surface area contributed by atoms with Crippen LogP contribution in [-0.4, -0.2) is 38.0 Å². The van der Waals surface area contributed by atoms with E-state index in [0.717, 1.165) is 11.3 Å². The molecule has 2 unspecified atom stereocenters. The lowest BCUT2D eigenvalue weighted by Gasteiger charge is -2.21. The van der Waals surface area contributed by atoms with Crippen molar-refractivity contribution >= 4 is 21.6 Å².